The van der Waals surface area contributed by atoms with E-state index in [9.17, 15) is 13.2 Å². The summed E-state index contributed by atoms with van der Waals surface area (Å²) in [6.45, 7) is 2.20. The SMILES string of the molecule is CC1CCc2sc(C(=O)NNS(=O)(=O)/C=C/c3ccccc3)cc2C1. The molecule has 1 aromatic heterocycles. The molecule has 2 aromatic rings. The summed E-state index contributed by atoms with van der Waals surface area (Å²) in [7, 11) is -3.75. The van der Waals surface area contributed by atoms with E-state index >= 15 is 0 Å². The van der Waals surface area contributed by atoms with Gasteiger partial charge in [-0.1, -0.05) is 37.3 Å². The number of benzene rings is 1. The van der Waals surface area contributed by atoms with Gasteiger partial charge < -0.3 is 0 Å². The van der Waals surface area contributed by atoms with Crippen molar-refractivity contribution in [2.24, 2.45) is 5.92 Å². The van der Waals surface area contributed by atoms with Crippen LogP contribution in [0.25, 0.3) is 6.08 Å². The number of nitrogens with one attached hydrogen (secondary N) is 2. The molecule has 1 atom stereocenters. The molecule has 0 spiro atoms. The van der Waals surface area contributed by atoms with Crippen LogP contribution >= 0.6 is 11.3 Å². The van der Waals surface area contributed by atoms with E-state index in [0.29, 0.717) is 10.8 Å². The molecule has 132 valence electrons. The van der Waals surface area contributed by atoms with E-state index in [4.69, 9.17) is 0 Å². The Morgan fingerprint density at radius 2 is 2.04 bits per heavy atom. The van der Waals surface area contributed by atoms with Crippen LogP contribution in [-0.4, -0.2) is 14.3 Å². The Morgan fingerprint density at radius 1 is 1.28 bits per heavy atom. The Balaban J connectivity index is 1.61. The monoisotopic (exact) mass is 376 g/mol. The first-order valence-electron chi connectivity index (χ1n) is 8.10. The molecular weight excluding hydrogens is 356 g/mol. The van der Waals surface area contributed by atoms with Crippen molar-refractivity contribution in [3.05, 3.63) is 62.7 Å². The number of amides is 1. The van der Waals surface area contributed by atoms with Gasteiger partial charge in [-0.3, -0.25) is 10.2 Å². The maximum atomic E-state index is 12.2. The molecule has 2 N–H and O–H groups in total. The lowest BCUT2D eigenvalue weighted by Gasteiger charge is -2.16. The van der Waals surface area contributed by atoms with Gasteiger partial charge in [-0.15, -0.1) is 16.2 Å². The number of fused-ring (bicyclic) bond motifs is 1. The van der Waals surface area contributed by atoms with E-state index in [1.807, 2.05) is 24.3 Å². The van der Waals surface area contributed by atoms with Gasteiger partial charge in [-0.2, -0.15) is 0 Å². The first-order valence-corrected chi connectivity index (χ1v) is 10.5. The van der Waals surface area contributed by atoms with Crippen LogP contribution in [0, 0.1) is 5.92 Å². The summed E-state index contributed by atoms with van der Waals surface area (Å²) < 4.78 is 23.9. The average Bonchev–Trinajstić information content (AvgIpc) is 3.02. The van der Waals surface area contributed by atoms with Crippen molar-refractivity contribution in [3.8, 4) is 0 Å². The number of hydrogen-bond donors (Lipinski definition) is 2. The second-order valence-electron chi connectivity index (χ2n) is 6.22. The van der Waals surface area contributed by atoms with Crippen LogP contribution in [0.4, 0.5) is 0 Å². The quantitative estimate of drug-likeness (QED) is 0.788. The van der Waals surface area contributed by atoms with E-state index in [0.717, 1.165) is 30.2 Å². The smallest absolute Gasteiger partial charge is 0.273 e. The van der Waals surface area contributed by atoms with Gasteiger partial charge in [0.1, 0.15) is 0 Å². The highest BCUT2D eigenvalue weighted by Gasteiger charge is 2.21. The molecule has 0 radical (unpaired) electrons. The number of sulfonamides is 1. The molecule has 25 heavy (non-hydrogen) atoms. The van der Waals surface area contributed by atoms with E-state index < -0.39 is 15.9 Å². The van der Waals surface area contributed by atoms with Gasteiger partial charge in [0, 0.05) is 10.3 Å². The van der Waals surface area contributed by atoms with Gasteiger partial charge in [-0.25, -0.2) is 8.42 Å². The van der Waals surface area contributed by atoms with Gasteiger partial charge in [0.25, 0.3) is 15.9 Å². The first kappa shape index (κ1) is 17.8. The summed E-state index contributed by atoms with van der Waals surface area (Å²) in [4.78, 5) is 16.1. The standard InChI is InChI=1S/C18H20N2O3S2/c1-13-7-8-16-15(11-13)12-17(24-16)18(21)19-20-25(22,23)10-9-14-5-3-2-4-6-14/h2-6,9-10,12-13,20H,7-8,11H2,1H3,(H,19,21)/b10-9+. The minimum absolute atomic E-state index is 0.427. The van der Waals surface area contributed by atoms with E-state index in [1.54, 1.807) is 12.1 Å². The van der Waals surface area contributed by atoms with Gasteiger partial charge in [0.05, 0.1) is 4.88 Å². The van der Waals surface area contributed by atoms with Crippen LogP contribution in [0.1, 0.15) is 39.0 Å². The molecule has 0 aliphatic heterocycles. The Labute approximate surface area is 151 Å². The van der Waals surface area contributed by atoms with Gasteiger partial charge in [-0.05, 0) is 48.4 Å². The largest absolute Gasteiger partial charge is 0.276 e. The van der Waals surface area contributed by atoms with Crippen molar-refractivity contribution in [1.82, 2.24) is 10.3 Å². The topological polar surface area (TPSA) is 75.3 Å². The van der Waals surface area contributed by atoms with Crippen LogP contribution in [0.15, 0.2) is 41.8 Å². The van der Waals surface area contributed by atoms with Crippen LogP contribution in [-0.2, 0) is 22.9 Å². The van der Waals surface area contributed by atoms with Crippen molar-refractivity contribution in [2.45, 2.75) is 26.2 Å². The number of thiophene rings is 1. The zero-order valence-electron chi connectivity index (χ0n) is 13.9. The summed E-state index contributed by atoms with van der Waals surface area (Å²) in [6, 6.07) is 11.0. The summed E-state index contributed by atoms with van der Waals surface area (Å²) >= 11 is 1.44. The second kappa shape index (κ2) is 7.51. The van der Waals surface area contributed by atoms with Crippen LogP contribution in [0.5, 0.6) is 0 Å². The fraction of sp³-hybridized carbons (Fsp3) is 0.278. The molecule has 5 nitrogen and oxygen atoms in total. The highest BCUT2D eigenvalue weighted by molar-refractivity contribution is 7.92. The van der Waals surface area contributed by atoms with Gasteiger partial charge in [0.15, 0.2) is 0 Å². The minimum Gasteiger partial charge on any atom is -0.273 e. The fourth-order valence-electron chi connectivity index (χ4n) is 2.76. The number of aryl methyl sites for hydroxylation is 1. The molecule has 1 aromatic carbocycles. The lowest BCUT2D eigenvalue weighted by atomic mass is 9.90. The summed E-state index contributed by atoms with van der Waals surface area (Å²) in [6.07, 6.45) is 4.57. The van der Waals surface area contributed by atoms with Crippen molar-refractivity contribution in [1.29, 1.82) is 0 Å². The molecule has 1 amide bonds. The van der Waals surface area contributed by atoms with E-state index in [-0.39, 0.29) is 0 Å². The molecule has 1 unspecified atom stereocenters. The third-order valence-electron chi connectivity index (χ3n) is 4.10. The van der Waals surface area contributed by atoms with Gasteiger partial charge in [0.2, 0.25) is 0 Å². The van der Waals surface area contributed by atoms with Crippen LogP contribution in [0.2, 0.25) is 0 Å². The normalized spacial score (nSPS) is 17.4. The van der Waals surface area contributed by atoms with Crippen molar-refractivity contribution >= 4 is 33.3 Å². The number of rotatable bonds is 5. The fourth-order valence-corrected chi connectivity index (χ4v) is 4.51. The zero-order chi connectivity index (χ0) is 17.9. The first-order chi connectivity index (χ1) is 11.9. The molecule has 0 saturated carbocycles. The average molecular weight is 377 g/mol. The van der Waals surface area contributed by atoms with Crippen molar-refractivity contribution < 1.29 is 13.2 Å². The summed E-state index contributed by atoms with van der Waals surface area (Å²) in [5.41, 5.74) is 4.25. The number of carbonyl (C=O) groups excluding carboxylic acids is 1. The number of hydrazine groups is 1. The lowest BCUT2D eigenvalue weighted by molar-refractivity contribution is 0.0949. The molecule has 0 saturated heterocycles. The highest BCUT2D eigenvalue weighted by atomic mass is 32.2. The molecule has 7 heteroatoms. The molecule has 1 aliphatic carbocycles. The van der Waals surface area contributed by atoms with E-state index in [2.05, 4.69) is 17.2 Å². The van der Waals surface area contributed by atoms with Crippen molar-refractivity contribution in [2.75, 3.05) is 0 Å². The molecule has 0 bridgehead atoms. The number of carbonyl (C=O) groups is 1. The Morgan fingerprint density at radius 3 is 2.80 bits per heavy atom. The molecule has 1 heterocycles. The Kier molecular flexibility index (Phi) is 5.36. The molecule has 1 aliphatic rings. The maximum absolute atomic E-state index is 12.2. The summed E-state index contributed by atoms with van der Waals surface area (Å²) in [5, 5.41) is 1.03. The van der Waals surface area contributed by atoms with Gasteiger partial charge >= 0.3 is 0 Å². The van der Waals surface area contributed by atoms with Crippen LogP contribution < -0.4 is 10.3 Å². The minimum atomic E-state index is -3.75. The van der Waals surface area contributed by atoms with Crippen LogP contribution in [0.3, 0.4) is 0 Å². The highest BCUT2D eigenvalue weighted by Crippen LogP contribution is 2.32. The molecule has 3 rings (SSSR count). The van der Waals surface area contributed by atoms with Crippen molar-refractivity contribution in [3.63, 3.8) is 0 Å². The maximum Gasteiger partial charge on any atom is 0.276 e. The third-order valence-corrected chi connectivity index (χ3v) is 6.22. The Bertz CT molecular complexity index is 886. The zero-order valence-corrected chi connectivity index (χ0v) is 15.5. The number of hydrogen-bond acceptors (Lipinski definition) is 4. The predicted octanol–water partition coefficient (Wildman–Crippen LogP) is 3.11. The lowest BCUT2D eigenvalue weighted by Crippen LogP contribution is -2.40. The molecule has 0 fully saturated rings. The summed E-state index contributed by atoms with van der Waals surface area (Å²) in [5.74, 6) is 0.198. The third kappa shape index (κ3) is 4.78. The predicted molar refractivity (Wildman–Crippen MR) is 101 cm³/mol. The Hall–Kier alpha value is -1.96. The second-order valence-corrected chi connectivity index (χ2v) is 8.92. The molecular formula is C18H20N2O3S2. The van der Waals surface area contributed by atoms with E-state index in [1.165, 1.54) is 27.9 Å².